The fourth-order valence-electron chi connectivity index (χ4n) is 2.59. The van der Waals surface area contributed by atoms with Crippen LogP contribution in [-0.4, -0.2) is 22.4 Å². The van der Waals surface area contributed by atoms with Crippen molar-refractivity contribution in [3.05, 3.63) is 36.0 Å². The molecule has 0 amide bonds. The summed E-state index contributed by atoms with van der Waals surface area (Å²) in [5.41, 5.74) is 7.85. The van der Waals surface area contributed by atoms with E-state index in [4.69, 9.17) is 10.5 Å². The molecular weight excluding hydrogens is 252 g/mol. The summed E-state index contributed by atoms with van der Waals surface area (Å²) in [6.07, 6.45) is 2.90. The van der Waals surface area contributed by atoms with E-state index in [0.717, 1.165) is 24.5 Å². The fourth-order valence-corrected chi connectivity index (χ4v) is 2.59. The Morgan fingerprint density at radius 1 is 1.35 bits per heavy atom. The second-order valence-corrected chi connectivity index (χ2v) is 5.36. The Hall–Kier alpha value is -2.17. The maximum atomic E-state index is 5.91. The highest BCUT2D eigenvalue weighted by molar-refractivity contribution is 5.62. The number of nitrogens with zero attached hydrogens (tertiary/aromatic N) is 2. The molecule has 1 atom stereocenters. The van der Waals surface area contributed by atoms with Gasteiger partial charge in [0.2, 0.25) is 0 Å². The zero-order valence-corrected chi connectivity index (χ0v) is 11.8. The summed E-state index contributed by atoms with van der Waals surface area (Å²) < 4.78 is 7.64. The third-order valence-electron chi connectivity index (χ3n) is 3.47. The standard InChI is InChI=1S/C15H20N4O/c1-10(2)20-12-5-3-11(4-6-12)14-7-8-17-15-13(16)9-18-19(14)15/h3-6,9-10,14,17H,7-8,16H2,1-2H3. The maximum absolute atomic E-state index is 5.91. The number of nitrogens with one attached hydrogen (secondary N) is 1. The van der Waals surface area contributed by atoms with E-state index in [2.05, 4.69) is 22.5 Å². The predicted octanol–water partition coefficient (Wildman–Crippen LogP) is 2.66. The number of aromatic nitrogens is 2. The van der Waals surface area contributed by atoms with Gasteiger partial charge in [-0.3, -0.25) is 0 Å². The van der Waals surface area contributed by atoms with Crippen LogP contribution < -0.4 is 15.8 Å². The van der Waals surface area contributed by atoms with Crippen molar-refractivity contribution in [3.8, 4) is 5.75 Å². The van der Waals surface area contributed by atoms with Gasteiger partial charge < -0.3 is 15.8 Å². The van der Waals surface area contributed by atoms with E-state index >= 15 is 0 Å². The first-order valence-electron chi connectivity index (χ1n) is 6.98. The molecule has 1 aliphatic heterocycles. The van der Waals surface area contributed by atoms with Gasteiger partial charge in [0.05, 0.1) is 24.0 Å². The highest BCUT2D eigenvalue weighted by Gasteiger charge is 2.23. The van der Waals surface area contributed by atoms with Crippen molar-refractivity contribution in [2.24, 2.45) is 0 Å². The molecule has 0 radical (unpaired) electrons. The van der Waals surface area contributed by atoms with Gasteiger partial charge in [0.15, 0.2) is 0 Å². The van der Waals surface area contributed by atoms with Crippen LogP contribution in [0.5, 0.6) is 5.75 Å². The molecule has 106 valence electrons. The highest BCUT2D eigenvalue weighted by Crippen LogP contribution is 2.32. The van der Waals surface area contributed by atoms with Crippen molar-refractivity contribution in [2.75, 3.05) is 17.6 Å². The van der Waals surface area contributed by atoms with Crippen LogP contribution in [0.4, 0.5) is 11.5 Å². The first-order chi connectivity index (χ1) is 9.65. The molecule has 5 nitrogen and oxygen atoms in total. The average Bonchev–Trinajstić information content (AvgIpc) is 2.81. The van der Waals surface area contributed by atoms with Crippen LogP contribution in [0, 0.1) is 0 Å². The molecule has 0 bridgehead atoms. The van der Waals surface area contributed by atoms with Crippen LogP contribution in [0.2, 0.25) is 0 Å². The summed E-state index contributed by atoms with van der Waals surface area (Å²) in [5.74, 6) is 1.82. The van der Waals surface area contributed by atoms with Crippen molar-refractivity contribution in [3.63, 3.8) is 0 Å². The molecule has 1 unspecified atom stereocenters. The lowest BCUT2D eigenvalue weighted by molar-refractivity contribution is 0.242. The molecular formula is C15H20N4O. The van der Waals surface area contributed by atoms with Crippen molar-refractivity contribution in [1.82, 2.24) is 9.78 Å². The minimum absolute atomic E-state index is 0.192. The molecule has 2 aromatic rings. The van der Waals surface area contributed by atoms with Gasteiger partial charge in [-0.1, -0.05) is 12.1 Å². The minimum Gasteiger partial charge on any atom is -0.491 e. The number of nitrogen functional groups attached to an aromatic ring is 1. The summed E-state index contributed by atoms with van der Waals surface area (Å²) in [5, 5.41) is 7.68. The number of fused-ring (bicyclic) bond motifs is 1. The number of ether oxygens (including phenoxy) is 1. The monoisotopic (exact) mass is 272 g/mol. The highest BCUT2D eigenvalue weighted by atomic mass is 16.5. The average molecular weight is 272 g/mol. The van der Waals surface area contributed by atoms with Crippen LogP contribution in [0.3, 0.4) is 0 Å². The van der Waals surface area contributed by atoms with Crippen LogP contribution >= 0.6 is 0 Å². The number of hydrogen-bond acceptors (Lipinski definition) is 4. The van der Waals surface area contributed by atoms with Gasteiger partial charge >= 0.3 is 0 Å². The van der Waals surface area contributed by atoms with E-state index < -0.39 is 0 Å². The van der Waals surface area contributed by atoms with Gasteiger partial charge in [0.1, 0.15) is 11.6 Å². The second kappa shape index (κ2) is 5.07. The van der Waals surface area contributed by atoms with E-state index in [-0.39, 0.29) is 12.1 Å². The molecule has 0 spiro atoms. The van der Waals surface area contributed by atoms with Crippen LogP contribution in [0.1, 0.15) is 31.9 Å². The minimum atomic E-state index is 0.192. The smallest absolute Gasteiger partial charge is 0.148 e. The number of anilines is 2. The molecule has 2 heterocycles. The first-order valence-corrected chi connectivity index (χ1v) is 6.98. The molecule has 3 rings (SSSR count). The number of hydrogen-bond donors (Lipinski definition) is 2. The zero-order chi connectivity index (χ0) is 14.1. The molecule has 3 N–H and O–H groups in total. The van der Waals surface area contributed by atoms with E-state index in [1.54, 1.807) is 6.20 Å². The third kappa shape index (κ3) is 2.31. The topological polar surface area (TPSA) is 65.1 Å². The Labute approximate surface area is 118 Å². The van der Waals surface area contributed by atoms with Gasteiger partial charge in [-0.25, -0.2) is 4.68 Å². The molecule has 20 heavy (non-hydrogen) atoms. The number of nitrogens with two attached hydrogens (primary N) is 1. The second-order valence-electron chi connectivity index (χ2n) is 5.36. The summed E-state index contributed by atoms with van der Waals surface area (Å²) in [6.45, 7) is 4.96. The van der Waals surface area contributed by atoms with E-state index in [0.29, 0.717) is 5.69 Å². The molecule has 5 heteroatoms. The van der Waals surface area contributed by atoms with Gasteiger partial charge in [-0.2, -0.15) is 5.10 Å². The van der Waals surface area contributed by atoms with Crippen molar-refractivity contribution in [1.29, 1.82) is 0 Å². The van der Waals surface area contributed by atoms with Gasteiger partial charge in [0.25, 0.3) is 0 Å². The van der Waals surface area contributed by atoms with Crippen molar-refractivity contribution in [2.45, 2.75) is 32.4 Å². The van der Waals surface area contributed by atoms with Crippen LogP contribution in [0.15, 0.2) is 30.5 Å². The van der Waals surface area contributed by atoms with Crippen molar-refractivity contribution < 1.29 is 4.74 Å². The lowest BCUT2D eigenvalue weighted by Gasteiger charge is -2.26. The Kier molecular flexibility index (Phi) is 3.26. The normalized spacial score (nSPS) is 17.6. The Morgan fingerprint density at radius 3 is 2.80 bits per heavy atom. The number of rotatable bonds is 3. The predicted molar refractivity (Wildman–Crippen MR) is 80.1 cm³/mol. The van der Waals surface area contributed by atoms with Gasteiger partial charge in [-0.15, -0.1) is 0 Å². The summed E-state index contributed by atoms with van der Waals surface area (Å²) in [7, 11) is 0. The van der Waals surface area contributed by atoms with Gasteiger partial charge in [-0.05, 0) is 38.0 Å². The summed E-state index contributed by atoms with van der Waals surface area (Å²) in [6, 6.07) is 8.48. The fraction of sp³-hybridized carbons (Fsp3) is 0.400. The van der Waals surface area contributed by atoms with Crippen LogP contribution in [0.25, 0.3) is 0 Å². The lowest BCUT2D eigenvalue weighted by Crippen LogP contribution is -2.24. The SMILES string of the molecule is CC(C)Oc1ccc(C2CCNc3c(N)cnn32)cc1. The molecule has 1 aromatic carbocycles. The Bertz CT molecular complexity index is 588. The molecule has 1 aromatic heterocycles. The molecule has 0 saturated carbocycles. The Morgan fingerprint density at radius 2 is 2.10 bits per heavy atom. The van der Waals surface area contributed by atoms with E-state index in [9.17, 15) is 0 Å². The summed E-state index contributed by atoms with van der Waals surface area (Å²) in [4.78, 5) is 0. The lowest BCUT2D eigenvalue weighted by atomic mass is 10.0. The summed E-state index contributed by atoms with van der Waals surface area (Å²) >= 11 is 0. The molecule has 0 saturated heterocycles. The van der Waals surface area contributed by atoms with Gasteiger partial charge in [0, 0.05) is 6.54 Å². The largest absolute Gasteiger partial charge is 0.491 e. The Balaban J connectivity index is 1.87. The maximum Gasteiger partial charge on any atom is 0.148 e. The van der Waals surface area contributed by atoms with E-state index in [1.807, 2.05) is 30.7 Å². The first kappa shape index (κ1) is 12.8. The zero-order valence-electron chi connectivity index (χ0n) is 11.8. The molecule has 0 aliphatic carbocycles. The molecule has 0 fully saturated rings. The molecule has 1 aliphatic rings. The number of benzene rings is 1. The third-order valence-corrected chi connectivity index (χ3v) is 3.47. The van der Waals surface area contributed by atoms with Crippen molar-refractivity contribution >= 4 is 11.5 Å². The van der Waals surface area contributed by atoms with Crippen LogP contribution in [-0.2, 0) is 0 Å². The van der Waals surface area contributed by atoms with E-state index in [1.165, 1.54) is 5.56 Å². The quantitative estimate of drug-likeness (QED) is 0.901.